The number of piperidine rings is 1. The Morgan fingerprint density at radius 2 is 1.96 bits per heavy atom. The third-order valence-corrected chi connectivity index (χ3v) is 4.87. The molecule has 1 aliphatic rings. The maximum atomic E-state index is 12.6. The first-order chi connectivity index (χ1) is 12.7. The number of halogens is 3. The summed E-state index contributed by atoms with van der Waals surface area (Å²) in [5, 5.41) is 9.52. The molecule has 2 aromatic rings. The van der Waals surface area contributed by atoms with Crippen LogP contribution >= 0.6 is 0 Å². The number of likely N-dealkylation sites (tertiary alicyclic amines) is 1. The quantitative estimate of drug-likeness (QED) is 0.876. The molecule has 6 nitrogen and oxygen atoms in total. The van der Waals surface area contributed by atoms with Gasteiger partial charge in [0, 0.05) is 11.6 Å². The summed E-state index contributed by atoms with van der Waals surface area (Å²) in [6.07, 6.45) is -3.50. The Balaban J connectivity index is 1.51. The minimum Gasteiger partial charge on any atom is -0.417 e. The molecular weight excluding hydrogens is 361 g/mol. The first kappa shape index (κ1) is 19.3. The lowest BCUT2D eigenvalue weighted by atomic mass is 9.97. The third-order valence-electron chi connectivity index (χ3n) is 4.87. The van der Waals surface area contributed by atoms with Crippen LogP contribution in [0.2, 0.25) is 0 Å². The molecule has 0 bridgehead atoms. The predicted octanol–water partition coefficient (Wildman–Crippen LogP) is 3.52. The van der Waals surface area contributed by atoms with Gasteiger partial charge in [-0.3, -0.25) is 9.69 Å². The highest BCUT2D eigenvalue weighted by molar-refractivity contribution is 5.93. The number of benzene rings is 1. The maximum absolute atomic E-state index is 12.6. The van der Waals surface area contributed by atoms with Gasteiger partial charge in [-0.25, -0.2) is 0 Å². The van der Waals surface area contributed by atoms with Crippen molar-refractivity contribution in [3.05, 3.63) is 41.1 Å². The lowest BCUT2D eigenvalue weighted by Crippen LogP contribution is -2.38. The molecule has 0 saturated carbocycles. The minimum absolute atomic E-state index is 0.0156. The van der Waals surface area contributed by atoms with Crippen molar-refractivity contribution in [1.29, 1.82) is 0 Å². The van der Waals surface area contributed by atoms with E-state index in [1.54, 1.807) is 0 Å². The molecule has 1 saturated heterocycles. The number of hydrogen-bond donors (Lipinski definition) is 1. The number of aromatic nitrogens is 2. The number of alkyl halides is 3. The molecule has 1 aromatic carbocycles. The number of nitrogens with zero attached hydrogens (tertiary/aromatic N) is 3. The summed E-state index contributed by atoms with van der Waals surface area (Å²) in [7, 11) is 0. The molecule has 0 radical (unpaired) electrons. The van der Waals surface area contributed by atoms with Crippen molar-refractivity contribution in [2.75, 3.05) is 25.0 Å². The Hall–Kier alpha value is -2.42. The van der Waals surface area contributed by atoms with Crippen molar-refractivity contribution in [2.45, 2.75) is 38.8 Å². The van der Waals surface area contributed by atoms with Gasteiger partial charge in [0.1, 0.15) is 0 Å². The van der Waals surface area contributed by atoms with Crippen LogP contribution in [-0.2, 0) is 11.0 Å². The van der Waals surface area contributed by atoms with Gasteiger partial charge in [-0.1, -0.05) is 12.1 Å². The van der Waals surface area contributed by atoms with Crippen LogP contribution in [0.1, 0.15) is 41.7 Å². The second-order valence-electron chi connectivity index (χ2n) is 6.79. The second-order valence-corrected chi connectivity index (χ2v) is 6.79. The lowest BCUT2D eigenvalue weighted by molar-refractivity contribution is -0.157. The molecule has 1 aliphatic heterocycles. The fourth-order valence-corrected chi connectivity index (χ4v) is 3.13. The van der Waals surface area contributed by atoms with E-state index in [0.29, 0.717) is 25.9 Å². The van der Waals surface area contributed by atoms with Gasteiger partial charge in [-0.15, -0.1) is 10.2 Å². The second kappa shape index (κ2) is 7.67. The Morgan fingerprint density at radius 1 is 1.26 bits per heavy atom. The van der Waals surface area contributed by atoms with E-state index in [2.05, 4.69) is 15.5 Å². The highest BCUT2D eigenvalue weighted by Gasteiger charge is 2.39. The average Bonchev–Trinajstić information content (AvgIpc) is 3.10. The number of carbonyl (C=O) groups is 1. The van der Waals surface area contributed by atoms with Gasteiger partial charge in [-0.05, 0) is 57.0 Å². The Labute approximate surface area is 154 Å². The predicted molar refractivity (Wildman–Crippen MR) is 92.3 cm³/mol. The summed E-state index contributed by atoms with van der Waals surface area (Å²) in [4.78, 5) is 14.3. The molecule has 2 heterocycles. The highest BCUT2D eigenvalue weighted by Crippen LogP contribution is 2.32. The average molecular weight is 382 g/mol. The molecule has 0 aliphatic carbocycles. The van der Waals surface area contributed by atoms with Crippen LogP contribution in [0.25, 0.3) is 0 Å². The van der Waals surface area contributed by atoms with Crippen molar-refractivity contribution in [3.8, 4) is 0 Å². The number of nitrogens with one attached hydrogen (secondary N) is 1. The molecule has 0 unspecified atom stereocenters. The van der Waals surface area contributed by atoms with Gasteiger partial charge in [0.15, 0.2) is 0 Å². The molecular formula is C18H21F3N4O2. The number of aryl methyl sites for hydroxylation is 1. The zero-order valence-electron chi connectivity index (χ0n) is 15.1. The highest BCUT2D eigenvalue weighted by atomic mass is 19.4. The molecule has 9 heteroatoms. The normalized spacial score (nSPS) is 16.5. The van der Waals surface area contributed by atoms with Gasteiger partial charge < -0.3 is 9.73 Å². The van der Waals surface area contributed by atoms with E-state index in [4.69, 9.17) is 4.42 Å². The van der Waals surface area contributed by atoms with E-state index in [-0.39, 0.29) is 24.3 Å². The Kier molecular flexibility index (Phi) is 5.50. The summed E-state index contributed by atoms with van der Waals surface area (Å²) in [6, 6.07) is 5.74. The van der Waals surface area contributed by atoms with Gasteiger partial charge in [0.05, 0.1) is 6.54 Å². The van der Waals surface area contributed by atoms with Crippen molar-refractivity contribution >= 4 is 11.6 Å². The van der Waals surface area contributed by atoms with E-state index in [1.807, 2.05) is 36.9 Å². The number of amides is 1. The summed E-state index contributed by atoms with van der Waals surface area (Å²) in [5.74, 6) is -1.62. The third kappa shape index (κ3) is 4.65. The first-order valence-corrected chi connectivity index (χ1v) is 8.73. The zero-order chi connectivity index (χ0) is 19.6. The van der Waals surface area contributed by atoms with Gasteiger partial charge in [-0.2, -0.15) is 13.2 Å². The van der Waals surface area contributed by atoms with Gasteiger partial charge in [0.25, 0.3) is 0 Å². The van der Waals surface area contributed by atoms with E-state index < -0.39 is 12.1 Å². The molecule has 3 rings (SSSR count). The largest absolute Gasteiger partial charge is 0.470 e. The Bertz CT molecular complexity index is 811. The van der Waals surface area contributed by atoms with Crippen LogP contribution in [0, 0.1) is 13.8 Å². The van der Waals surface area contributed by atoms with Crippen LogP contribution in [0.3, 0.4) is 0 Å². The van der Waals surface area contributed by atoms with E-state index in [1.165, 1.54) is 0 Å². The lowest BCUT2D eigenvalue weighted by Gasteiger charge is -2.29. The summed E-state index contributed by atoms with van der Waals surface area (Å²) < 4.78 is 42.4. The maximum Gasteiger partial charge on any atom is 0.470 e. The number of hydrogen-bond acceptors (Lipinski definition) is 5. The fraction of sp³-hybridized carbons (Fsp3) is 0.500. The molecule has 146 valence electrons. The van der Waals surface area contributed by atoms with Crippen LogP contribution in [0.15, 0.2) is 22.6 Å². The number of carbonyl (C=O) groups excluding carboxylic acids is 1. The molecule has 1 fully saturated rings. The van der Waals surface area contributed by atoms with Crippen molar-refractivity contribution < 1.29 is 22.4 Å². The van der Waals surface area contributed by atoms with Crippen molar-refractivity contribution in [3.63, 3.8) is 0 Å². The van der Waals surface area contributed by atoms with Crippen molar-refractivity contribution in [1.82, 2.24) is 15.1 Å². The molecule has 27 heavy (non-hydrogen) atoms. The number of rotatable bonds is 4. The standard InChI is InChI=1S/C18H21F3N4O2/c1-11-4-3-5-14(12(11)2)22-15(26)10-25-8-6-13(7-9-25)16-23-24-17(27-16)18(19,20)21/h3-5,13H,6-10H2,1-2H3,(H,22,26). The molecule has 1 N–H and O–H groups in total. The van der Waals surface area contributed by atoms with E-state index >= 15 is 0 Å². The minimum atomic E-state index is -4.63. The SMILES string of the molecule is Cc1cccc(NC(=O)CN2CCC(c3nnc(C(F)(F)F)o3)CC2)c1C. The Morgan fingerprint density at radius 3 is 2.59 bits per heavy atom. The van der Waals surface area contributed by atoms with Gasteiger partial charge >= 0.3 is 12.1 Å². The zero-order valence-corrected chi connectivity index (χ0v) is 15.1. The monoisotopic (exact) mass is 382 g/mol. The topological polar surface area (TPSA) is 71.3 Å². The molecule has 1 aromatic heterocycles. The fourth-order valence-electron chi connectivity index (χ4n) is 3.13. The van der Waals surface area contributed by atoms with Crippen molar-refractivity contribution in [2.24, 2.45) is 0 Å². The van der Waals surface area contributed by atoms with Crippen LogP contribution in [0.5, 0.6) is 0 Å². The summed E-state index contributed by atoms with van der Waals surface area (Å²) in [5.41, 5.74) is 2.92. The first-order valence-electron chi connectivity index (χ1n) is 8.73. The molecule has 0 atom stereocenters. The van der Waals surface area contributed by atoms with E-state index in [0.717, 1.165) is 16.8 Å². The number of anilines is 1. The molecule has 1 amide bonds. The summed E-state index contributed by atoms with van der Waals surface area (Å²) in [6.45, 7) is 5.33. The van der Waals surface area contributed by atoms with E-state index in [9.17, 15) is 18.0 Å². The van der Waals surface area contributed by atoms with Crippen LogP contribution < -0.4 is 5.32 Å². The smallest absolute Gasteiger partial charge is 0.417 e. The summed E-state index contributed by atoms with van der Waals surface area (Å²) >= 11 is 0. The molecule has 0 spiro atoms. The van der Waals surface area contributed by atoms with Crippen LogP contribution in [0.4, 0.5) is 18.9 Å². The van der Waals surface area contributed by atoms with Gasteiger partial charge in [0.2, 0.25) is 11.8 Å². The van der Waals surface area contributed by atoms with Crippen LogP contribution in [-0.4, -0.2) is 40.6 Å².